The first-order valence-electron chi connectivity index (χ1n) is 6.16. The number of nitrogens with zero attached hydrogens (tertiary/aromatic N) is 1. The summed E-state index contributed by atoms with van der Waals surface area (Å²) in [5.74, 6) is 0.733. The van der Waals surface area contributed by atoms with E-state index in [1.54, 1.807) is 6.92 Å². The van der Waals surface area contributed by atoms with Gasteiger partial charge in [-0.05, 0) is 32.0 Å². The highest BCUT2D eigenvalue weighted by Gasteiger charge is 2.43. The summed E-state index contributed by atoms with van der Waals surface area (Å²) in [5.41, 5.74) is 2.65. The van der Waals surface area contributed by atoms with E-state index in [4.69, 9.17) is 16.3 Å². The Balaban J connectivity index is 2.06. The average molecular weight is 279 g/mol. The minimum Gasteiger partial charge on any atom is -0.472 e. The maximum atomic E-state index is 11.8. The SMILES string of the molecule is CC(=O)C1=C(C)OC2C1Nc1cc(Cl)ccc1N2C. The fourth-order valence-electron chi connectivity index (χ4n) is 2.82. The van der Waals surface area contributed by atoms with Gasteiger partial charge in [-0.1, -0.05) is 11.6 Å². The van der Waals surface area contributed by atoms with E-state index in [2.05, 4.69) is 5.32 Å². The number of hydrogen-bond acceptors (Lipinski definition) is 4. The molecule has 1 aromatic rings. The van der Waals surface area contributed by atoms with Gasteiger partial charge in [0.05, 0.1) is 16.9 Å². The Morgan fingerprint density at radius 3 is 2.89 bits per heavy atom. The van der Waals surface area contributed by atoms with Crippen molar-refractivity contribution in [3.8, 4) is 0 Å². The van der Waals surface area contributed by atoms with Crippen molar-refractivity contribution in [1.29, 1.82) is 0 Å². The number of fused-ring (bicyclic) bond motifs is 2. The highest BCUT2D eigenvalue weighted by molar-refractivity contribution is 6.31. The zero-order valence-electron chi connectivity index (χ0n) is 11.0. The van der Waals surface area contributed by atoms with Crippen LogP contribution in [-0.4, -0.2) is 25.1 Å². The number of carbonyl (C=O) groups excluding carboxylic acids is 1. The van der Waals surface area contributed by atoms with Crippen LogP contribution in [0.2, 0.25) is 5.02 Å². The molecule has 4 nitrogen and oxygen atoms in total. The summed E-state index contributed by atoms with van der Waals surface area (Å²) in [6.07, 6.45) is -0.187. The van der Waals surface area contributed by atoms with Gasteiger partial charge in [-0.3, -0.25) is 4.79 Å². The number of likely N-dealkylation sites (N-methyl/N-ethyl adjacent to an activating group) is 1. The average Bonchev–Trinajstić information content (AvgIpc) is 2.65. The number of anilines is 2. The molecule has 1 N–H and O–H groups in total. The minimum atomic E-state index is -0.187. The number of rotatable bonds is 1. The van der Waals surface area contributed by atoms with Crippen LogP contribution in [0.5, 0.6) is 0 Å². The third-order valence-corrected chi connectivity index (χ3v) is 3.92. The van der Waals surface area contributed by atoms with Gasteiger partial charge in [-0.25, -0.2) is 0 Å². The van der Waals surface area contributed by atoms with Crippen LogP contribution in [0.1, 0.15) is 13.8 Å². The molecule has 0 saturated carbocycles. The molecule has 5 heteroatoms. The minimum absolute atomic E-state index is 0.0383. The highest BCUT2D eigenvalue weighted by Crippen LogP contribution is 2.41. The topological polar surface area (TPSA) is 41.6 Å². The summed E-state index contributed by atoms with van der Waals surface area (Å²) >= 11 is 6.03. The maximum Gasteiger partial charge on any atom is 0.196 e. The number of halogens is 1. The number of Topliss-reactive ketones (excluding diaryl/α,β-unsaturated/α-hetero) is 1. The second-order valence-electron chi connectivity index (χ2n) is 4.93. The Bertz CT molecular complexity index is 597. The van der Waals surface area contributed by atoms with Crippen LogP contribution in [0.25, 0.3) is 0 Å². The lowest BCUT2D eigenvalue weighted by Crippen LogP contribution is -2.48. The van der Waals surface area contributed by atoms with Crippen LogP contribution in [0.15, 0.2) is 29.5 Å². The molecule has 2 heterocycles. The lowest BCUT2D eigenvalue weighted by atomic mass is 9.99. The van der Waals surface area contributed by atoms with Crippen molar-refractivity contribution in [3.63, 3.8) is 0 Å². The number of carbonyl (C=O) groups is 1. The normalized spacial score (nSPS) is 24.5. The molecule has 0 fully saturated rings. The molecule has 0 aromatic heterocycles. The number of allylic oxidation sites excluding steroid dienone is 1. The molecule has 1 aromatic carbocycles. The Morgan fingerprint density at radius 1 is 1.47 bits per heavy atom. The number of ketones is 1. The van der Waals surface area contributed by atoms with Gasteiger partial charge in [-0.15, -0.1) is 0 Å². The van der Waals surface area contributed by atoms with E-state index in [0.717, 1.165) is 11.4 Å². The molecule has 2 atom stereocenters. The van der Waals surface area contributed by atoms with Crippen LogP contribution in [0.4, 0.5) is 11.4 Å². The highest BCUT2D eigenvalue weighted by atomic mass is 35.5. The van der Waals surface area contributed by atoms with E-state index >= 15 is 0 Å². The first-order valence-corrected chi connectivity index (χ1v) is 6.54. The molecule has 2 aliphatic heterocycles. The van der Waals surface area contributed by atoms with Gasteiger partial charge in [0.1, 0.15) is 11.8 Å². The maximum absolute atomic E-state index is 11.8. The molecule has 19 heavy (non-hydrogen) atoms. The van der Waals surface area contributed by atoms with Crippen LogP contribution >= 0.6 is 11.6 Å². The van der Waals surface area contributed by atoms with Gasteiger partial charge in [0, 0.05) is 12.1 Å². The number of hydrogen-bond donors (Lipinski definition) is 1. The molecular weight excluding hydrogens is 264 g/mol. The number of benzene rings is 1. The summed E-state index contributed by atoms with van der Waals surface area (Å²) in [7, 11) is 1.96. The van der Waals surface area contributed by atoms with E-state index in [0.29, 0.717) is 16.4 Å². The Morgan fingerprint density at radius 2 is 2.21 bits per heavy atom. The lowest BCUT2D eigenvalue weighted by molar-refractivity contribution is -0.113. The summed E-state index contributed by atoms with van der Waals surface area (Å²) in [6, 6.07) is 5.52. The summed E-state index contributed by atoms with van der Waals surface area (Å²) in [6.45, 7) is 3.40. The molecule has 0 saturated heterocycles. The van der Waals surface area contributed by atoms with Gasteiger partial charge in [0.15, 0.2) is 12.0 Å². The third kappa shape index (κ3) is 1.78. The van der Waals surface area contributed by atoms with Gasteiger partial charge in [-0.2, -0.15) is 0 Å². The van der Waals surface area contributed by atoms with Crippen molar-refractivity contribution in [2.75, 3.05) is 17.3 Å². The van der Waals surface area contributed by atoms with Crippen molar-refractivity contribution >= 4 is 28.8 Å². The van der Waals surface area contributed by atoms with Crippen LogP contribution in [0.3, 0.4) is 0 Å². The summed E-state index contributed by atoms with van der Waals surface area (Å²) < 4.78 is 5.83. The van der Waals surface area contributed by atoms with E-state index < -0.39 is 0 Å². The second-order valence-corrected chi connectivity index (χ2v) is 5.37. The van der Waals surface area contributed by atoms with E-state index in [1.807, 2.05) is 37.1 Å². The zero-order chi connectivity index (χ0) is 13.7. The summed E-state index contributed by atoms with van der Waals surface area (Å²) in [4.78, 5) is 13.8. The molecule has 0 spiro atoms. The second kappa shape index (κ2) is 4.17. The Labute approximate surface area is 117 Å². The first-order chi connectivity index (χ1) is 8.99. The summed E-state index contributed by atoms with van der Waals surface area (Å²) in [5, 5.41) is 4.03. The van der Waals surface area contributed by atoms with Crippen molar-refractivity contribution in [2.24, 2.45) is 0 Å². The monoisotopic (exact) mass is 278 g/mol. The Hall–Kier alpha value is -1.68. The fourth-order valence-corrected chi connectivity index (χ4v) is 3.00. The number of nitrogens with one attached hydrogen (secondary N) is 1. The molecule has 0 bridgehead atoms. The third-order valence-electron chi connectivity index (χ3n) is 3.68. The van der Waals surface area contributed by atoms with E-state index in [9.17, 15) is 4.79 Å². The van der Waals surface area contributed by atoms with E-state index in [-0.39, 0.29) is 18.1 Å². The number of ether oxygens (including phenoxy) is 1. The molecule has 100 valence electrons. The molecular formula is C14H15ClN2O2. The Kier molecular flexibility index (Phi) is 2.71. The molecule has 0 radical (unpaired) electrons. The van der Waals surface area contributed by atoms with Gasteiger partial charge >= 0.3 is 0 Å². The lowest BCUT2D eigenvalue weighted by Gasteiger charge is -2.38. The van der Waals surface area contributed by atoms with Crippen molar-refractivity contribution < 1.29 is 9.53 Å². The van der Waals surface area contributed by atoms with Crippen molar-refractivity contribution in [1.82, 2.24) is 0 Å². The largest absolute Gasteiger partial charge is 0.472 e. The van der Waals surface area contributed by atoms with Crippen LogP contribution < -0.4 is 10.2 Å². The molecule has 3 rings (SSSR count). The molecule has 0 aliphatic carbocycles. The zero-order valence-corrected chi connectivity index (χ0v) is 11.8. The van der Waals surface area contributed by atoms with Gasteiger partial charge in [0.2, 0.25) is 0 Å². The molecule has 2 unspecified atom stereocenters. The predicted octanol–water partition coefficient (Wildman–Crippen LogP) is 2.79. The van der Waals surface area contributed by atoms with E-state index in [1.165, 1.54) is 0 Å². The molecule has 0 amide bonds. The standard InChI is InChI=1S/C14H15ClN2O2/c1-7(18)12-8(2)19-14-13(12)16-10-6-9(15)4-5-11(10)17(14)3/h4-6,13-14,16H,1-3H3. The van der Waals surface area contributed by atoms with Gasteiger partial charge < -0.3 is 15.0 Å². The van der Waals surface area contributed by atoms with Crippen molar-refractivity contribution in [3.05, 3.63) is 34.6 Å². The molecule has 2 aliphatic rings. The van der Waals surface area contributed by atoms with Crippen LogP contribution in [-0.2, 0) is 9.53 Å². The van der Waals surface area contributed by atoms with Crippen molar-refractivity contribution in [2.45, 2.75) is 26.1 Å². The fraction of sp³-hybridized carbons (Fsp3) is 0.357. The quantitative estimate of drug-likeness (QED) is 0.858. The predicted molar refractivity (Wildman–Crippen MR) is 75.5 cm³/mol. The smallest absolute Gasteiger partial charge is 0.196 e. The van der Waals surface area contributed by atoms with Crippen LogP contribution in [0, 0.1) is 0 Å². The van der Waals surface area contributed by atoms with Gasteiger partial charge in [0.25, 0.3) is 0 Å². The first kappa shape index (κ1) is 12.4.